The third-order valence-electron chi connectivity index (χ3n) is 5.01. The van der Waals surface area contributed by atoms with Crippen molar-refractivity contribution in [1.82, 2.24) is 0 Å². The molecule has 2 amide bonds. The first kappa shape index (κ1) is 22.4. The van der Waals surface area contributed by atoms with Gasteiger partial charge in [-0.25, -0.2) is 0 Å². The van der Waals surface area contributed by atoms with Crippen molar-refractivity contribution in [2.75, 3.05) is 16.0 Å². The number of rotatable bonds is 7. The van der Waals surface area contributed by atoms with Gasteiger partial charge >= 0.3 is 0 Å². The molecule has 0 radical (unpaired) electrons. The second kappa shape index (κ2) is 10.7. The molecule has 0 bridgehead atoms. The monoisotopic (exact) mass is 452 g/mol. The maximum Gasteiger partial charge on any atom is 0.255 e. The zero-order valence-corrected chi connectivity index (χ0v) is 19.1. The number of carbonyl (C=O) groups excluding carboxylic acids is 2. The average Bonchev–Trinajstić information content (AvgIpc) is 2.84. The summed E-state index contributed by atoms with van der Waals surface area (Å²) in [7, 11) is 0. The van der Waals surface area contributed by atoms with Crippen molar-refractivity contribution >= 4 is 40.6 Å². The number of nitrogens with one attached hydrogen (secondary N) is 1. The van der Waals surface area contributed by atoms with Gasteiger partial charge in [0.25, 0.3) is 5.91 Å². The molecule has 0 unspecified atom stereocenters. The fourth-order valence-corrected chi connectivity index (χ4v) is 4.26. The predicted octanol–water partition coefficient (Wildman–Crippen LogP) is 6.70. The highest BCUT2D eigenvalue weighted by Gasteiger charge is 2.18. The van der Waals surface area contributed by atoms with Crippen molar-refractivity contribution in [3.05, 3.63) is 120 Å². The molecule has 0 fully saturated rings. The van der Waals surface area contributed by atoms with Gasteiger partial charge in [0, 0.05) is 27.5 Å². The molecule has 4 nitrogen and oxygen atoms in total. The van der Waals surface area contributed by atoms with E-state index in [4.69, 9.17) is 0 Å². The molecule has 164 valence electrons. The van der Waals surface area contributed by atoms with Crippen LogP contribution in [0.25, 0.3) is 0 Å². The first-order chi connectivity index (χ1) is 16.1. The van der Waals surface area contributed by atoms with Crippen LogP contribution in [0.4, 0.5) is 17.1 Å². The van der Waals surface area contributed by atoms with Gasteiger partial charge in [-0.1, -0.05) is 60.2 Å². The standard InChI is InChI=1S/C28H24N2O2S/c1-21-10-8-11-22(18-21)28(32)29-23-12-9-17-26(19-23)33-20-27(31)30(24-13-4-2-5-14-24)25-15-6-3-7-16-25/h2-19H,20H2,1H3,(H,29,32). The van der Waals surface area contributed by atoms with E-state index in [1.807, 2.05) is 110 Å². The third kappa shape index (κ3) is 5.90. The summed E-state index contributed by atoms with van der Waals surface area (Å²) >= 11 is 1.44. The van der Waals surface area contributed by atoms with Gasteiger partial charge in [-0.2, -0.15) is 0 Å². The molecule has 0 heterocycles. The van der Waals surface area contributed by atoms with Crippen LogP contribution in [-0.4, -0.2) is 17.6 Å². The number of amides is 2. The van der Waals surface area contributed by atoms with Crippen LogP contribution >= 0.6 is 11.8 Å². The summed E-state index contributed by atoms with van der Waals surface area (Å²) in [6.45, 7) is 1.96. The maximum absolute atomic E-state index is 13.2. The Labute approximate surface area is 198 Å². The van der Waals surface area contributed by atoms with Crippen LogP contribution in [-0.2, 0) is 4.79 Å². The Balaban J connectivity index is 1.46. The van der Waals surface area contributed by atoms with Gasteiger partial charge < -0.3 is 5.32 Å². The molecule has 0 atom stereocenters. The zero-order valence-electron chi connectivity index (χ0n) is 18.3. The second-order valence-electron chi connectivity index (χ2n) is 7.54. The van der Waals surface area contributed by atoms with Gasteiger partial charge in [0.05, 0.1) is 5.75 Å². The van der Waals surface area contributed by atoms with Crippen LogP contribution in [0, 0.1) is 6.92 Å². The normalized spacial score (nSPS) is 10.5. The number of carbonyl (C=O) groups is 2. The number of anilines is 3. The number of benzene rings is 4. The van der Waals surface area contributed by atoms with E-state index in [1.54, 1.807) is 11.0 Å². The van der Waals surface area contributed by atoms with Crippen LogP contribution in [0.2, 0.25) is 0 Å². The Kier molecular flexibility index (Phi) is 7.22. The first-order valence-corrected chi connectivity index (χ1v) is 11.6. The molecule has 5 heteroatoms. The SMILES string of the molecule is Cc1cccc(C(=O)Nc2cccc(SCC(=O)N(c3ccccc3)c3ccccc3)c2)c1. The molecular formula is C28H24N2O2S. The number of hydrogen-bond donors (Lipinski definition) is 1. The maximum atomic E-state index is 13.2. The van der Waals surface area contributed by atoms with Gasteiger partial charge in [-0.05, 0) is 61.5 Å². The van der Waals surface area contributed by atoms with E-state index < -0.39 is 0 Å². The van der Waals surface area contributed by atoms with Crippen molar-refractivity contribution in [3.63, 3.8) is 0 Å². The van der Waals surface area contributed by atoms with E-state index in [0.29, 0.717) is 11.3 Å². The van der Waals surface area contributed by atoms with Gasteiger partial charge in [0.15, 0.2) is 0 Å². The summed E-state index contributed by atoms with van der Waals surface area (Å²) in [6, 6.07) is 34.3. The number of hydrogen-bond acceptors (Lipinski definition) is 3. The minimum absolute atomic E-state index is 0.0217. The van der Waals surface area contributed by atoms with Gasteiger partial charge in [0.2, 0.25) is 5.91 Å². The molecular weight excluding hydrogens is 428 g/mol. The lowest BCUT2D eigenvalue weighted by atomic mass is 10.1. The summed E-state index contributed by atoms with van der Waals surface area (Å²) in [5, 5.41) is 2.94. The highest BCUT2D eigenvalue weighted by atomic mass is 32.2. The number of aryl methyl sites for hydroxylation is 1. The molecule has 4 aromatic carbocycles. The summed E-state index contributed by atoms with van der Waals surface area (Å²) in [4.78, 5) is 28.4. The zero-order chi connectivity index (χ0) is 23.0. The van der Waals surface area contributed by atoms with E-state index in [0.717, 1.165) is 21.8 Å². The van der Waals surface area contributed by atoms with Crippen LogP contribution < -0.4 is 10.2 Å². The highest BCUT2D eigenvalue weighted by Crippen LogP contribution is 2.28. The van der Waals surface area contributed by atoms with E-state index >= 15 is 0 Å². The fourth-order valence-electron chi connectivity index (χ4n) is 3.45. The Hall–Kier alpha value is -3.83. The van der Waals surface area contributed by atoms with Crippen molar-refractivity contribution in [1.29, 1.82) is 0 Å². The van der Waals surface area contributed by atoms with Crippen LogP contribution in [0.15, 0.2) is 114 Å². The Morgan fingerprint density at radius 3 is 2.03 bits per heavy atom. The molecule has 0 saturated heterocycles. The Morgan fingerprint density at radius 2 is 1.39 bits per heavy atom. The Bertz CT molecular complexity index is 1200. The van der Waals surface area contributed by atoms with Gasteiger partial charge in [0.1, 0.15) is 0 Å². The van der Waals surface area contributed by atoms with E-state index in [9.17, 15) is 9.59 Å². The first-order valence-electron chi connectivity index (χ1n) is 10.6. The summed E-state index contributed by atoms with van der Waals surface area (Å²) in [5.41, 5.74) is 4.00. The molecule has 0 aliphatic rings. The van der Waals surface area contributed by atoms with Crippen molar-refractivity contribution < 1.29 is 9.59 Å². The lowest BCUT2D eigenvalue weighted by Gasteiger charge is -2.23. The highest BCUT2D eigenvalue weighted by molar-refractivity contribution is 8.00. The minimum atomic E-state index is -0.156. The molecule has 0 saturated carbocycles. The molecule has 1 N–H and O–H groups in total. The van der Waals surface area contributed by atoms with Crippen molar-refractivity contribution in [2.45, 2.75) is 11.8 Å². The van der Waals surface area contributed by atoms with Gasteiger partial charge in [-0.15, -0.1) is 11.8 Å². The lowest BCUT2D eigenvalue weighted by Crippen LogP contribution is -2.27. The molecule has 0 aliphatic carbocycles. The summed E-state index contributed by atoms with van der Waals surface area (Å²) < 4.78 is 0. The predicted molar refractivity (Wildman–Crippen MR) is 136 cm³/mol. The van der Waals surface area contributed by atoms with Gasteiger partial charge in [-0.3, -0.25) is 14.5 Å². The van der Waals surface area contributed by atoms with E-state index in [1.165, 1.54) is 11.8 Å². The average molecular weight is 453 g/mol. The van der Waals surface area contributed by atoms with E-state index in [2.05, 4.69) is 5.32 Å². The molecule has 4 rings (SSSR count). The molecule has 0 aromatic heterocycles. The topological polar surface area (TPSA) is 49.4 Å². The smallest absolute Gasteiger partial charge is 0.255 e. The number of para-hydroxylation sites is 2. The number of nitrogens with zero attached hydrogens (tertiary/aromatic N) is 1. The van der Waals surface area contributed by atoms with Crippen LogP contribution in [0.3, 0.4) is 0 Å². The van der Waals surface area contributed by atoms with Crippen LogP contribution in [0.5, 0.6) is 0 Å². The summed E-state index contributed by atoms with van der Waals surface area (Å²) in [6.07, 6.45) is 0. The Morgan fingerprint density at radius 1 is 0.758 bits per heavy atom. The fraction of sp³-hybridized carbons (Fsp3) is 0.0714. The summed E-state index contributed by atoms with van der Waals surface area (Å²) in [5.74, 6) is 0.0851. The minimum Gasteiger partial charge on any atom is -0.322 e. The molecule has 33 heavy (non-hydrogen) atoms. The van der Waals surface area contributed by atoms with Crippen LogP contribution in [0.1, 0.15) is 15.9 Å². The van der Waals surface area contributed by atoms with Crippen molar-refractivity contribution in [2.24, 2.45) is 0 Å². The molecule has 4 aromatic rings. The van der Waals surface area contributed by atoms with Crippen molar-refractivity contribution in [3.8, 4) is 0 Å². The number of thioether (sulfide) groups is 1. The molecule has 0 aliphatic heterocycles. The third-order valence-corrected chi connectivity index (χ3v) is 5.99. The molecule has 0 spiro atoms. The largest absolute Gasteiger partial charge is 0.322 e. The quantitative estimate of drug-likeness (QED) is 0.317. The lowest BCUT2D eigenvalue weighted by molar-refractivity contribution is -0.115. The van der Waals surface area contributed by atoms with E-state index in [-0.39, 0.29) is 17.6 Å². The second-order valence-corrected chi connectivity index (χ2v) is 8.59.